The van der Waals surface area contributed by atoms with Gasteiger partial charge in [-0.1, -0.05) is 0 Å². The van der Waals surface area contributed by atoms with E-state index in [0.29, 0.717) is 23.2 Å². The SMILES string of the molecule is Cl.Cl.Cn1cc(C2CCN(C(=O)C3CC34CCNCC4)C2)cn1. The first-order valence-corrected chi connectivity index (χ1v) is 8.16. The van der Waals surface area contributed by atoms with Gasteiger partial charge >= 0.3 is 0 Å². The first kappa shape index (κ1) is 18.6. The van der Waals surface area contributed by atoms with Crippen LogP contribution in [0.4, 0.5) is 0 Å². The fourth-order valence-electron chi connectivity index (χ4n) is 4.28. The number of hydrogen-bond acceptors (Lipinski definition) is 3. The van der Waals surface area contributed by atoms with Gasteiger partial charge in [0.15, 0.2) is 0 Å². The Morgan fingerprint density at radius 2 is 2.09 bits per heavy atom. The lowest BCUT2D eigenvalue weighted by Gasteiger charge is -2.25. The quantitative estimate of drug-likeness (QED) is 0.876. The van der Waals surface area contributed by atoms with Crippen LogP contribution in [0.1, 0.15) is 37.2 Å². The Labute approximate surface area is 150 Å². The number of rotatable bonds is 2. The minimum Gasteiger partial charge on any atom is -0.342 e. The van der Waals surface area contributed by atoms with Crippen molar-refractivity contribution in [1.29, 1.82) is 0 Å². The normalized spacial score (nSPS) is 28.1. The molecular formula is C16H26Cl2N4O. The summed E-state index contributed by atoms with van der Waals surface area (Å²) in [5, 5.41) is 7.66. The van der Waals surface area contributed by atoms with E-state index in [-0.39, 0.29) is 24.8 Å². The zero-order valence-electron chi connectivity index (χ0n) is 13.5. The average molecular weight is 361 g/mol. The third-order valence-electron chi connectivity index (χ3n) is 5.78. The molecule has 2 atom stereocenters. The van der Waals surface area contributed by atoms with Crippen LogP contribution in [0.3, 0.4) is 0 Å². The molecule has 1 saturated carbocycles. The van der Waals surface area contributed by atoms with Crippen LogP contribution in [-0.4, -0.2) is 46.8 Å². The van der Waals surface area contributed by atoms with E-state index in [1.807, 2.05) is 17.9 Å². The fourth-order valence-corrected chi connectivity index (χ4v) is 4.28. The van der Waals surface area contributed by atoms with Crippen molar-refractivity contribution in [2.75, 3.05) is 26.2 Å². The summed E-state index contributed by atoms with van der Waals surface area (Å²) >= 11 is 0. The molecule has 4 rings (SSSR count). The Morgan fingerprint density at radius 3 is 2.74 bits per heavy atom. The van der Waals surface area contributed by atoms with Crippen LogP contribution in [0.5, 0.6) is 0 Å². The standard InChI is InChI=1S/C16H24N4O.2ClH/c1-19-10-13(9-18-19)12-2-7-20(11-12)15(21)14-8-16(14)3-5-17-6-4-16;;/h9-10,12,14,17H,2-8,11H2,1H3;2*1H. The molecule has 2 unspecified atom stereocenters. The lowest BCUT2D eigenvalue weighted by atomic mass is 9.91. The topological polar surface area (TPSA) is 50.2 Å². The molecule has 1 aromatic heterocycles. The van der Waals surface area contributed by atoms with Crippen LogP contribution in [-0.2, 0) is 11.8 Å². The molecule has 2 aliphatic heterocycles. The summed E-state index contributed by atoms with van der Waals surface area (Å²) in [6.45, 7) is 3.97. The molecule has 5 nitrogen and oxygen atoms in total. The minimum absolute atomic E-state index is 0. The molecule has 1 aliphatic carbocycles. The summed E-state index contributed by atoms with van der Waals surface area (Å²) in [4.78, 5) is 14.9. The van der Waals surface area contributed by atoms with E-state index >= 15 is 0 Å². The summed E-state index contributed by atoms with van der Waals surface area (Å²) in [6.07, 6.45) is 8.61. The maximum absolute atomic E-state index is 12.7. The molecule has 7 heteroatoms. The lowest BCUT2D eigenvalue weighted by molar-refractivity contribution is -0.132. The third kappa shape index (κ3) is 3.37. The molecular weight excluding hydrogens is 335 g/mol. The van der Waals surface area contributed by atoms with E-state index in [2.05, 4.69) is 21.5 Å². The molecule has 3 heterocycles. The van der Waals surface area contributed by atoms with Gasteiger partial charge in [-0.25, -0.2) is 0 Å². The van der Waals surface area contributed by atoms with Gasteiger partial charge in [0.2, 0.25) is 5.91 Å². The number of hydrogen-bond donors (Lipinski definition) is 1. The Bertz CT molecular complexity index is 556. The monoisotopic (exact) mass is 360 g/mol. The van der Waals surface area contributed by atoms with Gasteiger partial charge in [0.05, 0.1) is 6.20 Å². The van der Waals surface area contributed by atoms with E-state index in [9.17, 15) is 4.79 Å². The van der Waals surface area contributed by atoms with Crippen molar-refractivity contribution in [3.8, 4) is 0 Å². The molecule has 0 radical (unpaired) electrons. The molecule has 130 valence electrons. The molecule has 0 bridgehead atoms. The lowest BCUT2D eigenvalue weighted by Crippen LogP contribution is -2.35. The van der Waals surface area contributed by atoms with E-state index in [1.165, 1.54) is 18.4 Å². The predicted octanol–water partition coefficient (Wildman–Crippen LogP) is 1.97. The number of carbonyl (C=O) groups is 1. The number of nitrogens with zero attached hydrogens (tertiary/aromatic N) is 3. The Kier molecular flexibility index (Phi) is 5.64. The second-order valence-electron chi connectivity index (χ2n) is 7.09. The average Bonchev–Trinajstić information content (AvgIpc) is 2.87. The number of halogens is 2. The van der Waals surface area contributed by atoms with Crippen molar-refractivity contribution in [3.63, 3.8) is 0 Å². The highest BCUT2D eigenvalue weighted by atomic mass is 35.5. The van der Waals surface area contributed by atoms with E-state index in [1.54, 1.807) is 0 Å². The van der Waals surface area contributed by atoms with Crippen LogP contribution < -0.4 is 5.32 Å². The molecule has 3 aliphatic rings. The first-order valence-electron chi connectivity index (χ1n) is 8.16. The van der Waals surface area contributed by atoms with Gasteiger partial charge in [0.25, 0.3) is 0 Å². The molecule has 1 amide bonds. The van der Waals surface area contributed by atoms with Crippen LogP contribution in [0.25, 0.3) is 0 Å². The summed E-state index contributed by atoms with van der Waals surface area (Å²) < 4.78 is 1.85. The highest BCUT2D eigenvalue weighted by molar-refractivity contribution is 5.85. The van der Waals surface area contributed by atoms with Crippen molar-refractivity contribution in [2.45, 2.75) is 31.6 Å². The van der Waals surface area contributed by atoms with Crippen molar-refractivity contribution in [3.05, 3.63) is 18.0 Å². The Morgan fingerprint density at radius 1 is 1.35 bits per heavy atom. The van der Waals surface area contributed by atoms with E-state index in [4.69, 9.17) is 0 Å². The second kappa shape index (κ2) is 6.99. The van der Waals surface area contributed by atoms with Gasteiger partial charge in [0.1, 0.15) is 0 Å². The highest BCUT2D eigenvalue weighted by Crippen LogP contribution is 2.59. The van der Waals surface area contributed by atoms with Gasteiger partial charge in [-0.15, -0.1) is 24.8 Å². The van der Waals surface area contributed by atoms with Crippen LogP contribution >= 0.6 is 24.8 Å². The highest BCUT2D eigenvalue weighted by Gasteiger charge is 2.58. The van der Waals surface area contributed by atoms with E-state index < -0.39 is 0 Å². The van der Waals surface area contributed by atoms with Crippen molar-refractivity contribution < 1.29 is 4.79 Å². The number of carbonyl (C=O) groups excluding carboxylic acids is 1. The summed E-state index contributed by atoms with van der Waals surface area (Å²) in [5.74, 6) is 1.21. The number of nitrogens with one attached hydrogen (secondary N) is 1. The zero-order chi connectivity index (χ0) is 14.4. The molecule has 2 saturated heterocycles. The molecule has 23 heavy (non-hydrogen) atoms. The smallest absolute Gasteiger partial charge is 0.226 e. The summed E-state index contributed by atoms with van der Waals surface area (Å²) in [5.41, 5.74) is 1.63. The fraction of sp³-hybridized carbons (Fsp3) is 0.750. The second-order valence-corrected chi connectivity index (χ2v) is 7.09. The van der Waals surface area contributed by atoms with Gasteiger partial charge in [0, 0.05) is 38.2 Å². The molecule has 1 N–H and O–H groups in total. The molecule has 1 spiro atoms. The predicted molar refractivity (Wildman–Crippen MR) is 94.3 cm³/mol. The molecule has 3 fully saturated rings. The number of piperidine rings is 1. The van der Waals surface area contributed by atoms with Crippen LogP contribution in [0, 0.1) is 11.3 Å². The van der Waals surface area contributed by atoms with Crippen molar-refractivity contribution in [2.24, 2.45) is 18.4 Å². The Hall–Kier alpha value is -0.780. The number of amides is 1. The molecule has 0 aromatic carbocycles. The molecule has 1 aromatic rings. The summed E-state index contributed by atoms with van der Waals surface area (Å²) in [7, 11) is 1.95. The zero-order valence-corrected chi connectivity index (χ0v) is 15.2. The van der Waals surface area contributed by atoms with Crippen molar-refractivity contribution in [1.82, 2.24) is 20.0 Å². The van der Waals surface area contributed by atoms with Gasteiger partial charge in [-0.2, -0.15) is 5.10 Å². The van der Waals surface area contributed by atoms with Gasteiger partial charge in [-0.3, -0.25) is 9.48 Å². The van der Waals surface area contributed by atoms with Crippen LogP contribution in [0.2, 0.25) is 0 Å². The van der Waals surface area contributed by atoms with E-state index in [0.717, 1.165) is 39.0 Å². The third-order valence-corrected chi connectivity index (χ3v) is 5.78. The maximum atomic E-state index is 12.7. The largest absolute Gasteiger partial charge is 0.342 e. The Balaban J connectivity index is 0.000000960. The minimum atomic E-state index is 0. The maximum Gasteiger partial charge on any atom is 0.226 e. The first-order chi connectivity index (χ1) is 10.2. The van der Waals surface area contributed by atoms with Gasteiger partial charge < -0.3 is 10.2 Å². The number of likely N-dealkylation sites (tertiary alicyclic amines) is 1. The number of aryl methyl sites for hydroxylation is 1. The van der Waals surface area contributed by atoms with Crippen molar-refractivity contribution >= 4 is 30.7 Å². The number of aromatic nitrogens is 2. The summed E-state index contributed by atoms with van der Waals surface area (Å²) in [6, 6.07) is 0. The van der Waals surface area contributed by atoms with Crippen LogP contribution in [0.15, 0.2) is 12.4 Å². The van der Waals surface area contributed by atoms with Gasteiger partial charge in [-0.05, 0) is 49.8 Å².